The molecule has 1 heterocycles. The maximum atomic E-state index is 14.2. The molecule has 6 atom stereocenters. The molecule has 0 amide bonds. The Morgan fingerprint density at radius 3 is 1.53 bits per heavy atom. The molecule has 6 aromatic rings. The summed E-state index contributed by atoms with van der Waals surface area (Å²) in [6, 6.07) is 38.6. The lowest BCUT2D eigenvalue weighted by Crippen LogP contribution is -2.65. The van der Waals surface area contributed by atoms with E-state index in [1.807, 2.05) is 0 Å². The summed E-state index contributed by atoms with van der Waals surface area (Å²) in [6.07, 6.45) is -14.8. The van der Waals surface area contributed by atoms with Crippen LogP contribution in [0.2, 0.25) is 5.02 Å². The fourth-order valence-corrected chi connectivity index (χ4v) is 7.53. The summed E-state index contributed by atoms with van der Waals surface area (Å²) < 4.78 is 83.8. The van der Waals surface area contributed by atoms with Crippen molar-refractivity contribution in [3.05, 3.63) is 207 Å². The van der Waals surface area contributed by atoms with Crippen LogP contribution in [0.25, 0.3) is 0 Å². The van der Waals surface area contributed by atoms with Crippen LogP contribution in [0.1, 0.15) is 77.5 Å². The van der Waals surface area contributed by atoms with Crippen LogP contribution in [0.15, 0.2) is 158 Å². The minimum Gasteiger partial charge on any atom is -0.461 e. The largest absolute Gasteiger partial charge is 0.461 e. The van der Waals surface area contributed by atoms with Crippen LogP contribution >= 0.6 is 11.6 Å². The molecule has 1 fully saturated rings. The molecular weight excluding hydrogens is 909 g/mol. The molecule has 0 N–H and O–H groups in total. The van der Waals surface area contributed by atoms with Crippen LogP contribution in [0.3, 0.4) is 0 Å². The van der Waals surface area contributed by atoms with E-state index >= 15 is 0 Å². The summed E-state index contributed by atoms with van der Waals surface area (Å²) in [4.78, 5) is 67.9. The fourth-order valence-electron chi connectivity index (χ4n) is 7.23. The standard InChI is InChI=1S/C52H42ClF3O12/c1-31(63-47(58)35-15-7-3-8-16-35)43-44(65-48(59)36-17-9-4-10-18-36)45(66-49(60)37-19-11-5-12-20-37)46(67-50(61)38-21-13-6-14-22-38)51(68-43)64-42-29-34(30-62-32(2)57)28-41(53)40(42)27-33-23-25-39(26-24-33)52(54,55)56/h3-26,28-29,31,43-46,51H,27,30H2,1-2H3/t31-,43-,44-,45+,46-,51-/m1/s1. The third kappa shape index (κ3) is 12.3. The lowest BCUT2D eigenvalue weighted by atomic mass is 9.94. The van der Waals surface area contributed by atoms with Crippen LogP contribution < -0.4 is 4.74 Å². The van der Waals surface area contributed by atoms with Gasteiger partial charge in [0.1, 0.15) is 24.6 Å². The summed E-state index contributed by atoms with van der Waals surface area (Å²) in [5, 5.41) is 0.0293. The first-order valence-corrected chi connectivity index (χ1v) is 21.5. The lowest BCUT2D eigenvalue weighted by molar-refractivity contribution is -0.284. The molecule has 6 aromatic carbocycles. The highest BCUT2D eigenvalue weighted by Gasteiger charge is 2.56. The van der Waals surface area contributed by atoms with Crippen molar-refractivity contribution in [3.8, 4) is 5.75 Å². The van der Waals surface area contributed by atoms with E-state index in [0.717, 1.165) is 12.1 Å². The topological polar surface area (TPSA) is 150 Å². The SMILES string of the molecule is CC(=O)OCc1cc(Cl)c(Cc2ccc(C(F)(F)F)cc2)c(O[C@@H]2O[C@H]([C@@H](C)OC(=O)c3ccccc3)[C@@H](OC(=O)c3ccccc3)[C@H](OC(=O)c3ccccc3)[C@H]2OC(=O)c2ccccc2)c1. The monoisotopic (exact) mass is 950 g/mol. The van der Waals surface area contributed by atoms with E-state index in [2.05, 4.69) is 0 Å². The first-order chi connectivity index (χ1) is 32.6. The van der Waals surface area contributed by atoms with E-state index in [9.17, 15) is 37.1 Å². The average Bonchev–Trinajstić information content (AvgIpc) is 3.34. The van der Waals surface area contributed by atoms with Gasteiger partial charge in [0.05, 0.1) is 27.8 Å². The molecule has 1 aliphatic rings. The number of halogens is 4. The third-order valence-electron chi connectivity index (χ3n) is 10.6. The minimum absolute atomic E-state index is 0.0293. The van der Waals surface area contributed by atoms with Gasteiger partial charge in [-0.05, 0) is 90.8 Å². The zero-order chi connectivity index (χ0) is 48.4. The number of rotatable bonds is 15. The van der Waals surface area contributed by atoms with Crippen LogP contribution in [0.5, 0.6) is 5.75 Å². The Hall–Kier alpha value is -7.49. The second-order valence-electron chi connectivity index (χ2n) is 15.5. The van der Waals surface area contributed by atoms with Gasteiger partial charge in [-0.3, -0.25) is 4.79 Å². The molecular formula is C52H42ClF3O12. The Morgan fingerprint density at radius 1 is 0.603 bits per heavy atom. The molecule has 0 saturated carbocycles. The summed E-state index contributed by atoms with van der Waals surface area (Å²) in [5.41, 5.74) is 0.340. The molecule has 7 rings (SSSR count). The van der Waals surface area contributed by atoms with Crippen molar-refractivity contribution in [3.63, 3.8) is 0 Å². The van der Waals surface area contributed by atoms with Gasteiger partial charge in [-0.15, -0.1) is 0 Å². The smallest absolute Gasteiger partial charge is 0.416 e. The van der Waals surface area contributed by atoms with Gasteiger partial charge in [0, 0.05) is 23.9 Å². The Morgan fingerprint density at radius 2 is 1.06 bits per heavy atom. The van der Waals surface area contributed by atoms with Gasteiger partial charge in [-0.2, -0.15) is 13.2 Å². The van der Waals surface area contributed by atoms with E-state index in [4.69, 9.17) is 44.8 Å². The Kier molecular flexibility index (Phi) is 15.6. The van der Waals surface area contributed by atoms with Crippen LogP contribution in [-0.4, -0.2) is 66.7 Å². The van der Waals surface area contributed by atoms with Gasteiger partial charge >= 0.3 is 36.0 Å². The van der Waals surface area contributed by atoms with Crippen molar-refractivity contribution in [2.75, 3.05) is 0 Å². The highest BCUT2D eigenvalue weighted by atomic mass is 35.5. The van der Waals surface area contributed by atoms with Crippen molar-refractivity contribution in [2.24, 2.45) is 0 Å². The molecule has 0 radical (unpaired) electrons. The van der Waals surface area contributed by atoms with Crippen molar-refractivity contribution in [2.45, 2.75) is 69.9 Å². The van der Waals surface area contributed by atoms with Crippen LogP contribution in [0, 0.1) is 0 Å². The highest BCUT2D eigenvalue weighted by molar-refractivity contribution is 6.31. The molecule has 0 aromatic heterocycles. The number of alkyl halides is 3. The van der Waals surface area contributed by atoms with E-state index in [0.29, 0.717) is 11.1 Å². The predicted octanol–water partition coefficient (Wildman–Crippen LogP) is 10.0. The zero-order valence-electron chi connectivity index (χ0n) is 36.3. The molecule has 350 valence electrons. The zero-order valence-corrected chi connectivity index (χ0v) is 37.1. The Labute approximate surface area is 393 Å². The summed E-state index contributed by atoms with van der Waals surface area (Å²) >= 11 is 6.91. The Balaban J connectivity index is 1.38. The van der Waals surface area contributed by atoms with Gasteiger partial charge in [0.2, 0.25) is 12.4 Å². The predicted molar refractivity (Wildman–Crippen MR) is 239 cm³/mol. The maximum Gasteiger partial charge on any atom is 0.416 e. The van der Waals surface area contributed by atoms with Gasteiger partial charge < -0.3 is 33.2 Å². The van der Waals surface area contributed by atoms with E-state index in [-0.39, 0.29) is 51.6 Å². The molecule has 12 nitrogen and oxygen atoms in total. The normalized spacial score (nSPS) is 18.3. The van der Waals surface area contributed by atoms with Gasteiger partial charge in [0.15, 0.2) is 12.2 Å². The number of benzene rings is 6. The molecule has 0 unspecified atom stereocenters. The second kappa shape index (κ2) is 21.9. The lowest BCUT2D eigenvalue weighted by Gasteiger charge is -2.45. The van der Waals surface area contributed by atoms with Crippen molar-refractivity contribution < 1.29 is 70.3 Å². The first-order valence-electron chi connectivity index (χ1n) is 21.1. The number of hydrogen-bond acceptors (Lipinski definition) is 12. The summed E-state index contributed by atoms with van der Waals surface area (Å²) in [6.45, 7) is 2.35. The van der Waals surface area contributed by atoms with E-state index < -0.39 is 78.4 Å². The average molecular weight is 951 g/mol. The summed E-state index contributed by atoms with van der Waals surface area (Å²) in [5.74, 6) is -4.32. The van der Waals surface area contributed by atoms with Crippen LogP contribution in [-0.2, 0) is 52.4 Å². The number of hydrogen-bond donors (Lipinski definition) is 0. The van der Waals surface area contributed by atoms with Crippen molar-refractivity contribution >= 4 is 41.4 Å². The number of ether oxygens (including phenoxy) is 7. The maximum absolute atomic E-state index is 14.2. The number of esters is 5. The second-order valence-corrected chi connectivity index (χ2v) is 15.9. The molecule has 0 aliphatic carbocycles. The number of carbonyl (C=O) groups excluding carboxylic acids is 5. The molecule has 1 aliphatic heterocycles. The van der Waals surface area contributed by atoms with Gasteiger partial charge in [-0.25, -0.2) is 19.2 Å². The highest BCUT2D eigenvalue weighted by Crippen LogP contribution is 2.38. The first kappa shape index (κ1) is 48.4. The Bertz CT molecular complexity index is 2700. The van der Waals surface area contributed by atoms with Crippen molar-refractivity contribution in [1.82, 2.24) is 0 Å². The van der Waals surface area contributed by atoms with Crippen LogP contribution in [0.4, 0.5) is 13.2 Å². The van der Waals surface area contributed by atoms with Crippen molar-refractivity contribution in [1.29, 1.82) is 0 Å². The van der Waals surface area contributed by atoms with E-state index in [1.54, 1.807) is 72.8 Å². The molecule has 68 heavy (non-hydrogen) atoms. The molecule has 0 spiro atoms. The summed E-state index contributed by atoms with van der Waals surface area (Å²) in [7, 11) is 0. The molecule has 0 bridgehead atoms. The van der Waals surface area contributed by atoms with Gasteiger partial charge in [-0.1, -0.05) is 96.5 Å². The molecule has 1 saturated heterocycles. The third-order valence-corrected chi connectivity index (χ3v) is 11.0. The number of carbonyl (C=O) groups is 5. The quantitative estimate of drug-likeness (QED) is 0.0712. The fraction of sp³-hybridized carbons (Fsp3) is 0.212. The van der Waals surface area contributed by atoms with E-state index in [1.165, 1.54) is 86.6 Å². The molecule has 16 heteroatoms. The van der Waals surface area contributed by atoms with Gasteiger partial charge in [0.25, 0.3) is 0 Å². The minimum atomic E-state index is -4.61.